The summed E-state index contributed by atoms with van der Waals surface area (Å²) in [4.78, 5) is 20.8. The van der Waals surface area contributed by atoms with Crippen LogP contribution in [0.25, 0.3) is 0 Å². The third kappa shape index (κ3) is 6.15. The summed E-state index contributed by atoms with van der Waals surface area (Å²) in [6.45, 7) is 3.53. The van der Waals surface area contributed by atoms with Crippen molar-refractivity contribution in [1.82, 2.24) is 20.9 Å². The van der Waals surface area contributed by atoms with Crippen LogP contribution in [0.15, 0.2) is 34.8 Å². The number of amides is 1. The summed E-state index contributed by atoms with van der Waals surface area (Å²) in [7, 11) is 1.69. The van der Waals surface area contributed by atoms with Gasteiger partial charge in [0.2, 0.25) is 0 Å². The molecule has 0 aliphatic carbocycles. The molecule has 2 rings (SSSR count). The molecule has 0 fully saturated rings. The van der Waals surface area contributed by atoms with Gasteiger partial charge in [-0.2, -0.15) is 0 Å². The van der Waals surface area contributed by atoms with Gasteiger partial charge in [0, 0.05) is 26.7 Å². The van der Waals surface area contributed by atoms with Crippen molar-refractivity contribution >= 4 is 23.2 Å². The summed E-state index contributed by atoms with van der Waals surface area (Å²) in [6.07, 6.45) is 0.766. The van der Waals surface area contributed by atoms with Crippen LogP contribution in [0.5, 0.6) is 0 Å². The summed E-state index contributed by atoms with van der Waals surface area (Å²) >= 11 is 1.33. The van der Waals surface area contributed by atoms with Crippen molar-refractivity contribution in [2.45, 2.75) is 13.3 Å². The zero-order valence-corrected chi connectivity index (χ0v) is 15.1. The molecule has 3 N–H and O–H groups in total. The first kappa shape index (κ1) is 18.9. The fourth-order valence-corrected chi connectivity index (χ4v) is 2.87. The molecular formula is C17H22FN5OS. The number of hydrogen-bond acceptors (Lipinski definition) is 4. The van der Waals surface area contributed by atoms with Gasteiger partial charge in [-0.1, -0.05) is 12.1 Å². The van der Waals surface area contributed by atoms with Crippen molar-refractivity contribution in [2.24, 2.45) is 4.99 Å². The third-order valence-corrected chi connectivity index (χ3v) is 4.43. The number of halogens is 1. The maximum absolute atomic E-state index is 12.9. The molecule has 0 aliphatic heterocycles. The first-order chi connectivity index (χ1) is 12.1. The lowest BCUT2D eigenvalue weighted by Crippen LogP contribution is -2.42. The van der Waals surface area contributed by atoms with E-state index >= 15 is 0 Å². The Morgan fingerprint density at radius 1 is 1.16 bits per heavy atom. The monoisotopic (exact) mass is 363 g/mol. The number of hydrogen-bond donors (Lipinski definition) is 3. The first-order valence-corrected chi connectivity index (χ1v) is 8.85. The lowest BCUT2D eigenvalue weighted by Gasteiger charge is -2.12. The van der Waals surface area contributed by atoms with Gasteiger partial charge in [0.25, 0.3) is 5.91 Å². The van der Waals surface area contributed by atoms with E-state index in [0.717, 1.165) is 17.7 Å². The van der Waals surface area contributed by atoms with Crippen molar-refractivity contribution < 1.29 is 9.18 Å². The zero-order chi connectivity index (χ0) is 18.1. The number of rotatable bonds is 7. The summed E-state index contributed by atoms with van der Waals surface area (Å²) in [5, 5.41) is 9.16. The molecule has 134 valence electrons. The van der Waals surface area contributed by atoms with Crippen LogP contribution in [0.1, 0.15) is 20.9 Å². The molecule has 0 spiro atoms. The summed E-state index contributed by atoms with van der Waals surface area (Å²) in [6, 6.07) is 6.44. The van der Waals surface area contributed by atoms with Crippen LogP contribution in [0.4, 0.5) is 4.39 Å². The Bertz CT molecular complexity index is 714. The molecule has 0 radical (unpaired) electrons. The van der Waals surface area contributed by atoms with Gasteiger partial charge in [0.05, 0.1) is 11.2 Å². The van der Waals surface area contributed by atoms with Gasteiger partial charge in [-0.15, -0.1) is 11.3 Å². The number of aromatic nitrogens is 1. The normalized spacial score (nSPS) is 11.2. The van der Waals surface area contributed by atoms with Gasteiger partial charge in [-0.05, 0) is 31.0 Å². The second kappa shape index (κ2) is 9.73. The van der Waals surface area contributed by atoms with E-state index in [1.54, 1.807) is 24.7 Å². The van der Waals surface area contributed by atoms with Crippen LogP contribution < -0.4 is 16.0 Å². The molecule has 1 aromatic carbocycles. The number of thiazole rings is 1. The van der Waals surface area contributed by atoms with E-state index in [0.29, 0.717) is 30.5 Å². The van der Waals surface area contributed by atoms with Crippen molar-refractivity contribution in [2.75, 3.05) is 26.7 Å². The minimum atomic E-state index is -0.232. The maximum atomic E-state index is 12.9. The highest BCUT2D eigenvalue weighted by Crippen LogP contribution is 2.11. The number of benzene rings is 1. The number of aliphatic imine (C=N–C) groups is 1. The summed E-state index contributed by atoms with van der Waals surface area (Å²) in [5.74, 6) is 0.316. The van der Waals surface area contributed by atoms with Gasteiger partial charge in [-0.25, -0.2) is 9.37 Å². The highest BCUT2D eigenvalue weighted by Gasteiger charge is 2.10. The Morgan fingerprint density at radius 2 is 1.84 bits per heavy atom. The minimum absolute atomic E-state index is 0.110. The van der Waals surface area contributed by atoms with E-state index in [4.69, 9.17) is 0 Å². The SMILES string of the molecule is CN=C(NCCNC(=O)c1scnc1C)NCCc1ccc(F)cc1. The van der Waals surface area contributed by atoms with Crippen LogP contribution in [-0.2, 0) is 6.42 Å². The van der Waals surface area contributed by atoms with Crippen LogP contribution in [0.2, 0.25) is 0 Å². The molecule has 6 nitrogen and oxygen atoms in total. The number of carbonyl (C=O) groups excluding carboxylic acids is 1. The Balaban J connectivity index is 1.64. The van der Waals surface area contributed by atoms with E-state index < -0.39 is 0 Å². The largest absolute Gasteiger partial charge is 0.356 e. The molecule has 2 aromatic rings. The summed E-state index contributed by atoms with van der Waals surface area (Å²) < 4.78 is 12.9. The molecule has 0 aliphatic rings. The van der Waals surface area contributed by atoms with Crippen LogP contribution in [-0.4, -0.2) is 43.5 Å². The Kier molecular flexibility index (Phi) is 7.34. The number of carbonyl (C=O) groups is 1. The van der Waals surface area contributed by atoms with E-state index in [2.05, 4.69) is 25.9 Å². The fraction of sp³-hybridized carbons (Fsp3) is 0.353. The zero-order valence-electron chi connectivity index (χ0n) is 14.3. The number of nitrogens with zero attached hydrogens (tertiary/aromatic N) is 2. The van der Waals surface area contributed by atoms with Gasteiger partial charge < -0.3 is 16.0 Å². The van der Waals surface area contributed by atoms with Crippen LogP contribution >= 0.6 is 11.3 Å². The van der Waals surface area contributed by atoms with Gasteiger partial charge in [0.15, 0.2) is 5.96 Å². The molecule has 0 unspecified atom stereocenters. The predicted molar refractivity (Wildman–Crippen MR) is 98.7 cm³/mol. The van der Waals surface area contributed by atoms with Crippen LogP contribution in [0.3, 0.4) is 0 Å². The molecule has 25 heavy (non-hydrogen) atoms. The van der Waals surface area contributed by atoms with Crippen molar-refractivity contribution in [3.8, 4) is 0 Å². The maximum Gasteiger partial charge on any atom is 0.263 e. The second-order valence-electron chi connectivity index (χ2n) is 5.33. The van der Waals surface area contributed by atoms with Crippen LogP contribution in [0, 0.1) is 12.7 Å². The molecule has 1 aromatic heterocycles. The average molecular weight is 363 g/mol. The first-order valence-electron chi connectivity index (χ1n) is 7.97. The molecular weight excluding hydrogens is 341 g/mol. The fourth-order valence-electron chi connectivity index (χ4n) is 2.15. The minimum Gasteiger partial charge on any atom is -0.356 e. The molecule has 1 amide bonds. The third-order valence-electron chi connectivity index (χ3n) is 3.50. The quantitative estimate of drug-likeness (QED) is 0.398. The standard InChI is InChI=1S/C17H22FN5OS/c1-12-15(25-11-23-12)16(24)20-9-10-22-17(19-2)21-8-7-13-3-5-14(18)6-4-13/h3-6,11H,7-10H2,1-2H3,(H,20,24)(H2,19,21,22). The smallest absolute Gasteiger partial charge is 0.263 e. The Morgan fingerprint density at radius 3 is 2.48 bits per heavy atom. The van der Waals surface area contributed by atoms with Gasteiger partial charge in [0.1, 0.15) is 10.7 Å². The van der Waals surface area contributed by atoms with Crippen molar-refractivity contribution in [3.05, 3.63) is 51.7 Å². The van der Waals surface area contributed by atoms with Gasteiger partial charge >= 0.3 is 0 Å². The van der Waals surface area contributed by atoms with Gasteiger partial charge in [-0.3, -0.25) is 9.79 Å². The molecule has 8 heteroatoms. The average Bonchev–Trinajstić information content (AvgIpc) is 3.04. The summed E-state index contributed by atoms with van der Waals surface area (Å²) in [5.41, 5.74) is 3.46. The number of nitrogens with one attached hydrogen (secondary N) is 3. The topological polar surface area (TPSA) is 78.4 Å². The molecule has 0 atom stereocenters. The highest BCUT2D eigenvalue weighted by atomic mass is 32.1. The van der Waals surface area contributed by atoms with E-state index in [-0.39, 0.29) is 11.7 Å². The van der Waals surface area contributed by atoms with E-state index in [1.165, 1.54) is 23.5 Å². The molecule has 1 heterocycles. The lowest BCUT2D eigenvalue weighted by atomic mass is 10.1. The molecule has 0 bridgehead atoms. The van der Waals surface area contributed by atoms with Crippen molar-refractivity contribution in [3.63, 3.8) is 0 Å². The highest BCUT2D eigenvalue weighted by molar-refractivity contribution is 7.11. The lowest BCUT2D eigenvalue weighted by molar-refractivity contribution is 0.0957. The van der Waals surface area contributed by atoms with Crippen molar-refractivity contribution in [1.29, 1.82) is 0 Å². The molecule has 0 saturated carbocycles. The Hall–Kier alpha value is -2.48. The number of guanidine groups is 1. The number of aryl methyl sites for hydroxylation is 1. The van der Waals surface area contributed by atoms with E-state index in [1.807, 2.05) is 6.92 Å². The predicted octanol–water partition coefficient (Wildman–Crippen LogP) is 1.73. The second-order valence-corrected chi connectivity index (χ2v) is 6.18. The van der Waals surface area contributed by atoms with E-state index in [9.17, 15) is 9.18 Å². The molecule has 0 saturated heterocycles. The Labute approximate surface area is 150 Å².